The molecule has 0 aromatic carbocycles. The highest BCUT2D eigenvalue weighted by molar-refractivity contribution is 9.10. The van der Waals surface area contributed by atoms with Gasteiger partial charge in [0, 0.05) is 20.3 Å². The maximum atomic E-state index is 12.4. The van der Waals surface area contributed by atoms with E-state index in [9.17, 15) is 9.59 Å². The molecule has 0 saturated heterocycles. The van der Waals surface area contributed by atoms with Crippen LogP contribution in [0.25, 0.3) is 0 Å². The average Bonchev–Trinajstić information content (AvgIpc) is 3.06. The van der Waals surface area contributed by atoms with Crippen LogP contribution in [0.4, 0.5) is 0 Å². The van der Waals surface area contributed by atoms with Gasteiger partial charge in [-0.2, -0.15) is 10.2 Å². The molecule has 0 aliphatic rings. The molecule has 0 fully saturated rings. The molecule has 0 aliphatic carbocycles. The Kier molecular flexibility index (Phi) is 4.96. The Labute approximate surface area is 135 Å². The number of amides is 1. The highest BCUT2D eigenvalue weighted by Crippen LogP contribution is 2.17. The van der Waals surface area contributed by atoms with Gasteiger partial charge >= 0.3 is 5.97 Å². The van der Waals surface area contributed by atoms with Crippen LogP contribution in [0.1, 0.15) is 22.5 Å². The lowest BCUT2D eigenvalue weighted by Crippen LogP contribution is -2.27. The van der Waals surface area contributed by atoms with E-state index in [1.165, 1.54) is 10.9 Å². The maximum absolute atomic E-state index is 12.4. The Balaban J connectivity index is 2.03. The predicted molar refractivity (Wildman–Crippen MR) is 81.2 cm³/mol. The number of carbonyl (C=O) groups is 2. The van der Waals surface area contributed by atoms with E-state index >= 15 is 0 Å². The highest BCUT2D eigenvalue weighted by atomic mass is 79.9. The summed E-state index contributed by atoms with van der Waals surface area (Å²) in [6.07, 6.45) is 4.64. The molecule has 0 unspecified atom stereocenters. The number of aliphatic carboxylic acids is 1. The number of halogens is 1. The van der Waals surface area contributed by atoms with Gasteiger partial charge in [-0.3, -0.25) is 19.0 Å². The Hall–Kier alpha value is -2.16. The number of nitrogens with zero attached hydrogens (tertiary/aromatic N) is 5. The van der Waals surface area contributed by atoms with Crippen LogP contribution in [0.3, 0.4) is 0 Å². The first-order chi connectivity index (χ1) is 10.4. The molecular formula is C13H16BrN5O3. The Morgan fingerprint density at radius 1 is 1.36 bits per heavy atom. The van der Waals surface area contributed by atoms with E-state index in [2.05, 4.69) is 26.1 Å². The fourth-order valence-corrected chi connectivity index (χ4v) is 2.41. The smallest absolute Gasteiger partial charge is 0.305 e. The number of aromatic nitrogens is 4. The highest BCUT2D eigenvalue weighted by Gasteiger charge is 2.17. The number of carboxylic acid groups (broad SMARTS) is 1. The van der Waals surface area contributed by atoms with E-state index in [0.717, 1.165) is 10.2 Å². The molecule has 118 valence electrons. The Morgan fingerprint density at radius 2 is 2.09 bits per heavy atom. The summed E-state index contributed by atoms with van der Waals surface area (Å²) in [4.78, 5) is 24.4. The van der Waals surface area contributed by atoms with Gasteiger partial charge in [-0.15, -0.1) is 0 Å². The molecule has 0 bridgehead atoms. The second-order valence-electron chi connectivity index (χ2n) is 4.86. The summed E-state index contributed by atoms with van der Waals surface area (Å²) < 4.78 is 3.99. The number of hydrogen-bond donors (Lipinski definition) is 1. The van der Waals surface area contributed by atoms with Gasteiger partial charge in [0.2, 0.25) is 0 Å². The first-order valence-corrected chi connectivity index (χ1v) is 7.34. The molecule has 2 rings (SSSR count). The van der Waals surface area contributed by atoms with E-state index in [-0.39, 0.29) is 18.9 Å². The zero-order chi connectivity index (χ0) is 16.3. The van der Waals surface area contributed by atoms with E-state index in [1.54, 1.807) is 29.0 Å². The summed E-state index contributed by atoms with van der Waals surface area (Å²) in [5.41, 5.74) is 1.31. The lowest BCUT2D eigenvalue weighted by atomic mass is 10.3. The van der Waals surface area contributed by atoms with Crippen molar-refractivity contribution in [1.29, 1.82) is 0 Å². The Morgan fingerprint density at radius 3 is 2.68 bits per heavy atom. The molecule has 9 heteroatoms. The zero-order valence-electron chi connectivity index (χ0n) is 12.2. The molecule has 1 N–H and O–H groups in total. The third-order valence-electron chi connectivity index (χ3n) is 3.18. The van der Waals surface area contributed by atoms with Crippen LogP contribution in [0.5, 0.6) is 0 Å². The van der Waals surface area contributed by atoms with Crippen LogP contribution in [0, 0.1) is 0 Å². The lowest BCUT2D eigenvalue weighted by molar-refractivity contribution is -0.137. The normalized spacial score (nSPS) is 10.7. The summed E-state index contributed by atoms with van der Waals surface area (Å²) in [5.74, 6) is -1.09. The van der Waals surface area contributed by atoms with Gasteiger partial charge < -0.3 is 10.0 Å². The number of carboxylic acids is 1. The monoisotopic (exact) mass is 369 g/mol. The quantitative estimate of drug-likeness (QED) is 0.823. The van der Waals surface area contributed by atoms with Gasteiger partial charge in [-0.1, -0.05) is 0 Å². The summed E-state index contributed by atoms with van der Waals surface area (Å²) >= 11 is 3.40. The van der Waals surface area contributed by atoms with Crippen LogP contribution >= 0.6 is 15.9 Å². The van der Waals surface area contributed by atoms with Gasteiger partial charge in [-0.25, -0.2) is 0 Å². The number of rotatable bonds is 6. The molecule has 0 saturated carbocycles. The molecule has 2 aromatic rings. The van der Waals surface area contributed by atoms with Gasteiger partial charge in [-0.05, 0) is 15.9 Å². The van der Waals surface area contributed by atoms with Crippen molar-refractivity contribution in [2.45, 2.75) is 19.5 Å². The molecule has 0 aliphatic heterocycles. The number of carbonyl (C=O) groups excluding carboxylic acids is 1. The van der Waals surface area contributed by atoms with E-state index < -0.39 is 5.97 Å². The van der Waals surface area contributed by atoms with Gasteiger partial charge in [0.15, 0.2) is 0 Å². The maximum Gasteiger partial charge on any atom is 0.305 e. The van der Waals surface area contributed by atoms with Crippen LogP contribution in [0.15, 0.2) is 23.1 Å². The van der Waals surface area contributed by atoms with Crippen LogP contribution in [0.2, 0.25) is 0 Å². The van der Waals surface area contributed by atoms with Crippen molar-refractivity contribution < 1.29 is 14.7 Å². The fraction of sp³-hybridized carbons (Fsp3) is 0.385. The van der Waals surface area contributed by atoms with Crippen molar-refractivity contribution in [2.75, 3.05) is 7.05 Å². The van der Waals surface area contributed by atoms with Gasteiger partial charge in [0.25, 0.3) is 5.91 Å². The second kappa shape index (κ2) is 6.73. The van der Waals surface area contributed by atoms with Crippen molar-refractivity contribution in [1.82, 2.24) is 24.5 Å². The zero-order valence-corrected chi connectivity index (χ0v) is 13.8. The molecule has 8 nitrogen and oxygen atoms in total. The van der Waals surface area contributed by atoms with Crippen LogP contribution in [-0.2, 0) is 24.9 Å². The first kappa shape index (κ1) is 16.2. The molecule has 1 amide bonds. The minimum Gasteiger partial charge on any atom is -0.481 e. The molecule has 0 atom stereocenters. The number of aryl methyl sites for hydroxylation is 2. The van der Waals surface area contributed by atoms with E-state index in [0.29, 0.717) is 12.1 Å². The average molecular weight is 370 g/mol. The van der Waals surface area contributed by atoms with Gasteiger partial charge in [0.1, 0.15) is 0 Å². The summed E-state index contributed by atoms with van der Waals surface area (Å²) in [5, 5.41) is 16.8. The SMILES string of the molecule is CN(Cc1c(Br)cnn1C)C(=O)c1cnn(CCC(=O)O)c1. The minimum atomic E-state index is -0.901. The van der Waals surface area contributed by atoms with Crippen LogP contribution in [-0.4, -0.2) is 48.5 Å². The molecule has 2 heterocycles. The topological polar surface area (TPSA) is 93.3 Å². The van der Waals surface area contributed by atoms with Crippen molar-refractivity contribution in [3.05, 3.63) is 34.3 Å². The molecule has 0 spiro atoms. The second-order valence-corrected chi connectivity index (χ2v) is 5.71. The number of hydrogen-bond acceptors (Lipinski definition) is 4. The van der Waals surface area contributed by atoms with E-state index in [4.69, 9.17) is 5.11 Å². The lowest BCUT2D eigenvalue weighted by Gasteiger charge is -2.16. The predicted octanol–water partition coefficient (Wildman–Crippen LogP) is 1.13. The van der Waals surface area contributed by atoms with Crippen molar-refractivity contribution in [3.8, 4) is 0 Å². The van der Waals surface area contributed by atoms with Crippen molar-refractivity contribution in [2.24, 2.45) is 7.05 Å². The Bertz CT molecular complexity index is 674. The first-order valence-electron chi connectivity index (χ1n) is 6.54. The largest absolute Gasteiger partial charge is 0.481 e. The minimum absolute atomic E-state index is 0.0346. The molecule has 0 radical (unpaired) electrons. The fourth-order valence-electron chi connectivity index (χ4n) is 1.94. The van der Waals surface area contributed by atoms with E-state index in [1.807, 2.05) is 7.05 Å². The summed E-state index contributed by atoms with van der Waals surface area (Å²) in [7, 11) is 3.50. The third-order valence-corrected chi connectivity index (χ3v) is 3.84. The molecule has 2 aromatic heterocycles. The molecular weight excluding hydrogens is 354 g/mol. The summed E-state index contributed by atoms with van der Waals surface area (Å²) in [6.45, 7) is 0.635. The standard InChI is InChI=1S/C13H16BrN5O3/c1-17(8-11-10(14)6-15-18(11)2)13(22)9-5-16-19(7-9)4-3-12(20)21/h5-7H,3-4,8H2,1-2H3,(H,20,21). The molecule has 22 heavy (non-hydrogen) atoms. The van der Waals surface area contributed by atoms with Crippen LogP contribution < -0.4 is 0 Å². The van der Waals surface area contributed by atoms with Crippen molar-refractivity contribution >= 4 is 27.8 Å². The third kappa shape index (κ3) is 3.73. The summed E-state index contributed by atoms with van der Waals surface area (Å²) in [6, 6.07) is 0. The van der Waals surface area contributed by atoms with Crippen molar-refractivity contribution in [3.63, 3.8) is 0 Å². The van der Waals surface area contributed by atoms with Gasteiger partial charge in [0.05, 0.1) is 47.6 Å².